The zero-order chi connectivity index (χ0) is 19.2. The number of hydrogen-bond acceptors (Lipinski definition) is 4. The molecule has 1 amide bonds. The SMILES string of the molecule is COc1cc(OC)c(OC)cc1/C=C/C(=O)N1CCCC1c1ccccc1. The second-order valence-corrected chi connectivity index (χ2v) is 6.38. The lowest BCUT2D eigenvalue weighted by atomic mass is 10.0. The Bertz CT molecular complexity index is 817. The van der Waals surface area contributed by atoms with Crippen molar-refractivity contribution in [2.24, 2.45) is 0 Å². The fraction of sp³-hybridized carbons (Fsp3) is 0.318. The van der Waals surface area contributed by atoms with E-state index in [9.17, 15) is 4.79 Å². The van der Waals surface area contributed by atoms with Gasteiger partial charge in [-0.25, -0.2) is 0 Å². The molecular weight excluding hydrogens is 342 g/mol. The van der Waals surface area contributed by atoms with Gasteiger partial charge in [-0.3, -0.25) is 4.79 Å². The molecule has 5 nitrogen and oxygen atoms in total. The van der Waals surface area contributed by atoms with Crippen LogP contribution < -0.4 is 14.2 Å². The monoisotopic (exact) mass is 367 g/mol. The largest absolute Gasteiger partial charge is 0.496 e. The third-order valence-electron chi connectivity index (χ3n) is 4.86. The average Bonchev–Trinajstić information content (AvgIpc) is 3.22. The standard InChI is InChI=1S/C22H25NO4/c1-25-19-15-21(27-3)20(26-2)14-17(19)11-12-22(24)23-13-7-10-18(23)16-8-5-4-6-9-16/h4-6,8-9,11-12,14-15,18H,7,10,13H2,1-3H3/b12-11+. The third kappa shape index (κ3) is 4.08. The van der Waals surface area contributed by atoms with Crippen LogP contribution in [0.2, 0.25) is 0 Å². The molecule has 1 heterocycles. The van der Waals surface area contributed by atoms with E-state index in [0.717, 1.165) is 24.9 Å². The Morgan fingerprint density at radius 2 is 1.67 bits per heavy atom. The van der Waals surface area contributed by atoms with Gasteiger partial charge < -0.3 is 19.1 Å². The van der Waals surface area contributed by atoms with Crippen LogP contribution in [-0.4, -0.2) is 38.7 Å². The highest BCUT2D eigenvalue weighted by Crippen LogP contribution is 2.36. The van der Waals surface area contributed by atoms with E-state index in [1.54, 1.807) is 45.6 Å². The Balaban J connectivity index is 1.82. The lowest BCUT2D eigenvalue weighted by Crippen LogP contribution is -2.28. The van der Waals surface area contributed by atoms with Crippen LogP contribution in [0, 0.1) is 0 Å². The Morgan fingerprint density at radius 1 is 1.00 bits per heavy atom. The first kappa shape index (κ1) is 18.8. The van der Waals surface area contributed by atoms with Crippen LogP contribution >= 0.6 is 0 Å². The molecule has 5 heteroatoms. The minimum absolute atomic E-state index is 0.00167. The van der Waals surface area contributed by atoms with Crippen molar-refractivity contribution in [3.05, 3.63) is 59.7 Å². The highest BCUT2D eigenvalue weighted by atomic mass is 16.5. The van der Waals surface area contributed by atoms with Crippen molar-refractivity contribution in [1.82, 2.24) is 4.90 Å². The summed E-state index contributed by atoms with van der Waals surface area (Å²) < 4.78 is 16.1. The normalized spacial score (nSPS) is 16.6. The molecular formula is C22H25NO4. The Hall–Kier alpha value is -2.95. The van der Waals surface area contributed by atoms with Crippen molar-refractivity contribution in [2.75, 3.05) is 27.9 Å². The number of nitrogens with zero attached hydrogens (tertiary/aromatic N) is 1. The number of hydrogen-bond donors (Lipinski definition) is 0. The first-order valence-corrected chi connectivity index (χ1v) is 9.01. The summed E-state index contributed by atoms with van der Waals surface area (Å²) in [7, 11) is 4.75. The van der Waals surface area contributed by atoms with E-state index in [1.165, 1.54) is 5.56 Å². The fourth-order valence-electron chi connectivity index (χ4n) is 3.49. The lowest BCUT2D eigenvalue weighted by Gasteiger charge is -2.23. The molecule has 27 heavy (non-hydrogen) atoms. The van der Waals surface area contributed by atoms with Crippen molar-refractivity contribution in [3.63, 3.8) is 0 Å². The molecule has 0 N–H and O–H groups in total. The van der Waals surface area contributed by atoms with Crippen molar-refractivity contribution in [2.45, 2.75) is 18.9 Å². The van der Waals surface area contributed by atoms with E-state index >= 15 is 0 Å². The summed E-state index contributed by atoms with van der Waals surface area (Å²) in [5.41, 5.74) is 1.94. The molecule has 2 aromatic carbocycles. The predicted octanol–water partition coefficient (Wildman–Crippen LogP) is 4.09. The molecule has 0 aliphatic carbocycles. The number of carbonyl (C=O) groups is 1. The maximum atomic E-state index is 12.8. The molecule has 0 aromatic heterocycles. The van der Waals surface area contributed by atoms with Crippen LogP contribution in [0.5, 0.6) is 17.2 Å². The maximum Gasteiger partial charge on any atom is 0.247 e. The Kier molecular flexibility index (Phi) is 6.01. The number of likely N-dealkylation sites (tertiary alicyclic amines) is 1. The smallest absolute Gasteiger partial charge is 0.247 e. The van der Waals surface area contributed by atoms with Crippen LogP contribution in [-0.2, 0) is 4.79 Å². The summed E-state index contributed by atoms with van der Waals surface area (Å²) in [6.45, 7) is 0.770. The number of benzene rings is 2. The number of methoxy groups -OCH3 is 3. The first-order chi connectivity index (χ1) is 13.2. The molecule has 1 unspecified atom stereocenters. The van der Waals surface area contributed by atoms with Crippen LogP contribution in [0.25, 0.3) is 6.08 Å². The second kappa shape index (κ2) is 8.62. The fourth-order valence-corrected chi connectivity index (χ4v) is 3.49. The molecule has 0 spiro atoms. The average molecular weight is 367 g/mol. The molecule has 3 rings (SSSR count). The molecule has 1 atom stereocenters. The molecule has 0 radical (unpaired) electrons. The Morgan fingerprint density at radius 3 is 2.33 bits per heavy atom. The minimum Gasteiger partial charge on any atom is -0.496 e. The number of ether oxygens (including phenoxy) is 3. The van der Waals surface area contributed by atoms with E-state index in [1.807, 2.05) is 23.1 Å². The molecule has 142 valence electrons. The topological polar surface area (TPSA) is 48.0 Å². The number of amides is 1. The second-order valence-electron chi connectivity index (χ2n) is 6.38. The highest BCUT2D eigenvalue weighted by Gasteiger charge is 2.28. The summed E-state index contributed by atoms with van der Waals surface area (Å²) in [4.78, 5) is 14.8. The first-order valence-electron chi connectivity index (χ1n) is 9.01. The van der Waals surface area contributed by atoms with Crippen molar-refractivity contribution in [1.29, 1.82) is 0 Å². The summed E-state index contributed by atoms with van der Waals surface area (Å²) in [6.07, 6.45) is 5.37. The van der Waals surface area contributed by atoms with E-state index in [-0.39, 0.29) is 11.9 Å². The molecule has 0 bridgehead atoms. The Labute approximate surface area is 160 Å². The zero-order valence-corrected chi connectivity index (χ0v) is 16.0. The lowest BCUT2D eigenvalue weighted by molar-refractivity contribution is -0.126. The molecule has 2 aromatic rings. The van der Waals surface area contributed by atoms with Gasteiger partial charge in [0.25, 0.3) is 0 Å². The van der Waals surface area contributed by atoms with Gasteiger partial charge >= 0.3 is 0 Å². The van der Waals surface area contributed by atoms with E-state index in [2.05, 4.69) is 12.1 Å². The van der Waals surface area contributed by atoms with Gasteiger partial charge in [-0.05, 0) is 30.5 Å². The highest BCUT2D eigenvalue weighted by molar-refractivity contribution is 5.92. The molecule has 1 fully saturated rings. The van der Waals surface area contributed by atoms with Crippen LogP contribution in [0.15, 0.2) is 48.5 Å². The number of rotatable bonds is 6. The molecule has 1 saturated heterocycles. The summed E-state index contributed by atoms with van der Waals surface area (Å²) in [5, 5.41) is 0. The van der Waals surface area contributed by atoms with Gasteiger partial charge in [-0.15, -0.1) is 0 Å². The van der Waals surface area contributed by atoms with Crippen LogP contribution in [0.1, 0.15) is 30.0 Å². The van der Waals surface area contributed by atoms with Gasteiger partial charge in [-0.2, -0.15) is 0 Å². The maximum absolute atomic E-state index is 12.8. The van der Waals surface area contributed by atoms with Gasteiger partial charge in [0, 0.05) is 24.3 Å². The zero-order valence-electron chi connectivity index (χ0n) is 16.0. The summed E-state index contributed by atoms with van der Waals surface area (Å²) in [6, 6.07) is 13.9. The summed E-state index contributed by atoms with van der Waals surface area (Å²) in [5.74, 6) is 1.80. The van der Waals surface area contributed by atoms with Gasteiger partial charge in [0.15, 0.2) is 11.5 Å². The van der Waals surface area contributed by atoms with Gasteiger partial charge in [0.2, 0.25) is 5.91 Å². The minimum atomic E-state index is -0.00167. The molecule has 1 aliphatic heterocycles. The van der Waals surface area contributed by atoms with Crippen molar-refractivity contribution in [3.8, 4) is 17.2 Å². The van der Waals surface area contributed by atoms with Gasteiger partial charge in [0.05, 0.1) is 27.4 Å². The van der Waals surface area contributed by atoms with Crippen LogP contribution in [0.3, 0.4) is 0 Å². The third-order valence-corrected chi connectivity index (χ3v) is 4.86. The summed E-state index contributed by atoms with van der Waals surface area (Å²) >= 11 is 0. The van der Waals surface area contributed by atoms with Gasteiger partial charge in [-0.1, -0.05) is 30.3 Å². The number of carbonyl (C=O) groups excluding carboxylic acids is 1. The van der Waals surface area contributed by atoms with Gasteiger partial charge in [0.1, 0.15) is 5.75 Å². The van der Waals surface area contributed by atoms with E-state index in [4.69, 9.17) is 14.2 Å². The van der Waals surface area contributed by atoms with Crippen LogP contribution in [0.4, 0.5) is 0 Å². The van der Waals surface area contributed by atoms with Crippen molar-refractivity contribution < 1.29 is 19.0 Å². The quantitative estimate of drug-likeness (QED) is 0.722. The van der Waals surface area contributed by atoms with E-state index < -0.39 is 0 Å². The molecule has 1 aliphatic rings. The van der Waals surface area contributed by atoms with E-state index in [0.29, 0.717) is 17.2 Å². The molecule has 0 saturated carbocycles. The predicted molar refractivity (Wildman–Crippen MR) is 105 cm³/mol. The van der Waals surface area contributed by atoms with Crippen molar-refractivity contribution >= 4 is 12.0 Å².